The molecule has 0 fully saturated rings. The molecule has 2 aromatic carbocycles. The van der Waals surface area contributed by atoms with Crippen molar-refractivity contribution in [3.63, 3.8) is 0 Å². The molecule has 1 N–H and O–H groups in total. The van der Waals surface area contributed by atoms with Crippen LogP contribution >= 0.6 is 0 Å². The van der Waals surface area contributed by atoms with E-state index in [-0.39, 0.29) is 11.8 Å². The second kappa shape index (κ2) is 4.70. The average molecular weight is 288 g/mol. The predicted molar refractivity (Wildman–Crippen MR) is 85.2 cm³/mol. The van der Waals surface area contributed by atoms with E-state index in [4.69, 9.17) is 0 Å². The Bertz CT molecular complexity index is 922. The lowest BCUT2D eigenvalue weighted by molar-refractivity contribution is -0.119. The minimum absolute atomic E-state index is 0.291. The Morgan fingerprint density at radius 2 is 1.59 bits per heavy atom. The SMILES string of the molecule is O=C1C=C(c2ccccc2)C(=O)N1c1c[nH]c2ccccc12. The summed E-state index contributed by atoms with van der Waals surface area (Å²) >= 11 is 0. The number of hydrogen-bond acceptors (Lipinski definition) is 2. The van der Waals surface area contributed by atoms with Gasteiger partial charge in [0, 0.05) is 23.2 Å². The number of nitrogens with zero attached hydrogens (tertiary/aromatic N) is 1. The lowest BCUT2D eigenvalue weighted by Gasteiger charge is -2.13. The first kappa shape index (κ1) is 12.6. The van der Waals surface area contributed by atoms with Crippen molar-refractivity contribution in [2.75, 3.05) is 4.90 Å². The van der Waals surface area contributed by atoms with Crippen molar-refractivity contribution in [3.05, 3.63) is 72.4 Å². The van der Waals surface area contributed by atoms with E-state index in [1.807, 2.05) is 54.6 Å². The summed E-state index contributed by atoms with van der Waals surface area (Å²) < 4.78 is 0. The van der Waals surface area contributed by atoms with Gasteiger partial charge in [-0.1, -0.05) is 48.5 Å². The van der Waals surface area contributed by atoms with Gasteiger partial charge in [0.05, 0.1) is 11.3 Å². The van der Waals surface area contributed by atoms with Crippen molar-refractivity contribution in [1.29, 1.82) is 0 Å². The van der Waals surface area contributed by atoms with Crippen LogP contribution in [0.25, 0.3) is 16.5 Å². The molecule has 0 radical (unpaired) electrons. The fourth-order valence-electron chi connectivity index (χ4n) is 2.76. The van der Waals surface area contributed by atoms with Crippen molar-refractivity contribution in [2.24, 2.45) is 0 Å². The summed E-state index contributed by atoms with van der Waals surface area (Å²) in [6.45, 7) is 0. The Hall–Kier alpha value is -3.14. The maximum atomic E-state index is 12.7. The summed E-state index contributed by atoms with van der Waals surface area (Å²) in [7, 11) is 0. The number of H-pyrrole nitrogens is 1. The molecule has 2 amide bonds. The highest BCUT2D eigenvalue weighted by molar-refractivity contribution is 6.44. The fraction of sp³-hybridized carbons (Fsp3) is 0. The number of carbonyl (C=O) groups excluding carboxylic acids is 2. The van der Waals surface area contributed by atoms with Gasteiger partial charge in [0.15, 0.2) is 0 Å². The van der Waals surface area contributed by atoms with Gasteiger partial charge in [-0.2, -0.15) is 0 Å². The lowest BCUT2D eigenvalue weighted by Crippen LogP contribution is -2.30. The molecule has 0 atom stereocenters. The summed E-state index contributed by atoms with van der Waals surface area (Å²) in [6.07, 6.45) is 3.10. The zero-order valence-corrected chi connectivity index (χ0v) is 11.6. The highest BCUT2D eigenvalue weighted by Gasteiger charge is 2.34. The van der Waals surface area contributed by atoms with Gasteiger partial charge in [-0.05, 0) is 11.6 Å². The zero-order chi connectivity index (χ0) is 15.1. The quantitative estimate of drug-likeness (QED) is 0.737. The molecule has 0 bridgehead atoms. The van der Waals surface area contributed by atoms with Gasteiger partial charge < -0.3 is 4.98 Å². The number of anilines is 1. The Morgan fingerprint density at radius 1 is 0.864 bits per heavy atom. The largest absolute Gasteiger partial charge is 0.359 e. The third-order valence-electron chi connectivity index (χ3n) is 3.81. The molecule has 0 aliphatic carbocycles. The molecule has 4 heteroatoms. The monoisotopic (exact) mass is 288 g/mol. The molecule has 106 valence electrons. The van der Waals surface area contributed by atoms with Crippen LogP contribution in [-0.4, -0.2) is 16.8 Å². The summed E-state index contributed by atoms with van der Waals surface area (Å²) in [5, 5.41) is 0.854. The van der Waals surface area contributed by atoms with Crippen LogP contribution in [0.1, 0.15) is 5.56 Å². The molecule has 4 nitrogen and oxygen atoms in total. The Kier molecular flexibility index (Phi) is 2.69. The number of benzene rings is 2. The maximum absolute atomic E-state index is 12.7. The number of hydrogen-bond donors (Lipinski definition) is 1. The molecular formula is C18H12N2O2. The van der Waals surface area contributed by atoms with Crippen LogP contribution in [0.3, 0.4) is 0 Å². The van der Waals surface area contributed by atoms with Gasteiger partial charge in [-0.25, -0.2) is 4.90 Å². The van der Waals surface area contributed by atoms with Gasteiger partial charge in [-0.15, -0.1) is 0 Å². The van der Waals surface area contributed by atoms with Crippen molar-refractivity contribution >= 4 is 34.0 Å². The van der Waals surface area contributed by atoms with E-state index in [1.54, 1.807) is 6.20 Å². The van der Waals surface area contributed by atoms with E-state index in [1.165, 1.54) is 11.0 Å². The van der Waals surface area contributed by atoms with E-state index >= 15 is 0 Å². The number of imide groups is 1. The number of aromatic amines is 1. The van der Waals surface area contributed by atoms with E-state index in [2.05, 4.69) is 4.98 Å². The Labute approximate surface area is 126 Å². The summed E-state index contributed by atoms with van der Waals surface area (Å²) in [4.78, 5) is 29.3. The number of amides is 2. The van der Waals surface area contributed by atoms with Crippen molar-refractivity contribution < 1.29 is 9.59 Å². The maximum Gasteiger partial charge on any atom is 0.266 e. The lowest BCUT2D eigenvalue weighted by atomic mass is 10.1. The minimum Gasteiger partial charge on any atom is -0.359 e. The van der Waals surface area contributed by atoms with E-state index in [0.717, 1.165) is 16.5 Å². The molecular weight excluding hydrogens is 276 g/mol. The second-order valence-corrected chi connectivity index (χ2v) is 5.12. The number of rotatable bonds is 2. The first-order valence-corrected chi connectivity index (χ1v) is 6.97. The summed E-state index contributed by atoms with van der Waals surface area (Å²) in [6, 6.07) is 16.8. The standard InChI is InChI=1S/C18H12N2O2/c21-17-10-14(12-6-2-1-3-7-12)18(22)20(17)16-11-19-15-9-5-4-8-13(15)16/h1-11,19H. The Balaban J connectivity index is 1.79. The van der Waals surface area contributed by atoms with Crippen molar-refractivity contribution in [3.8, 4) is 0 Å². The summed E-state index contributed by atoms with van der Waals surface area (Å²) in [5.41, 5.74) is 2.66. The van der Waals surface area contributed by atoms with Crippen LogP contribution in [0.4, 0.5) is 5.69 Å². The van der Waals surface area contributed by atoms with Gasteiger partial charge in [-0.3, -0.25) is 9.59 Å². The molecule has 1 aliphatic rings. The topological polar surface area (TPSA) is 53.2 Å². The molecule has 4 rings (SSSR count). The van der Waals surface area contributed by atoms with E-state index < -0.39 is 0 Å². The molecule has 1 aliphatic heterocycles. The van der Waals surface area contributed by atoms with Gasteiger partial charge in [0.25, 0.3) is 11.8 Å². The highest BCUT2D eigenvalue weighted by Crippen LogP contribution is 2.32. The third-order valence-corrected chi connectivity index (χ3v) is 3.81. The molecule has 1 aromatic heterocycles. The predicted octanol–water partition coefficient (Wildman–Crippen LogP) is 3.12. The fourth-order valence-corrected chi connectivity index (χ4v) is 2.76. The zero-order valence-electron chi connectivity index (χ0n) is 11.6. The molecule has 0 spiro atoms. The number of carbonyl (C=O) groups is 2. The number of fused-ring (bicyclic) bond motifs is 1. The van der Waals surface area contributed by atoms with E-state index in [0.29, 0.717) is 11.3 Å². The van der Waals surface area contributed by atoms with Gasteiger partial charge in [0.2, 0.25) is 0 Å². The first-order chi connectivity index (χ1) is 10.8. The Morgan fingerprint density at radius 3 is 2.41 bits per heavy atom. The first-order valence-electron chi connectivity index (χ1n) is 6.97. The normalized spacial score (nSPS) is 14.7. The number of nitrogens with one attached hydrogen (secondary N) is 1. The molecule has 0 saturated heterocycles. The van der Waals surface area contributed by atoms with Crippen LogP contribution in [0.2, 0.25) is 0 Å². The van der Waals surface area contributed by atoms with Crippen molar-refractivity contribution in [1.82, 2.24) is 4.98 Å². The highest BCUT2D eigenvalue weighted by atomic mass is 16.2. The van der Waals surface area contributed by atoms with Crippen LogP contribution < -0.4 is 4.90 Å². The van der Waals surface area contributed by atoms with E-state index in [9.17, 15) is 9.59 Å². The molecule has 0 saturated carbocycles. The molecule has 2 heterocycles. The van der Waals surface area contributed by atoms with Crippen molar-refractivity contribution in [2.45, 2.75) is 0 Å². The van der Waals surface area contributed by atoms with Crippen LogP contribution in [0.15, 0.2) is 66.9 Å². The molecule has 0 unspecified atom stereocenters. The smallest absolute Gasteiger partial charge is 0.266 e. The van der Waals surface area contributed by atoms with Crippen LogP contribution in [0.5, 0.6) is 0 Å². The summed E-state index contributed by atoms with van der Waals surface area (Å²) in [5.74, 6) is -0.602. The molecule has 3 aromatic rings. The minimum atomic E-state index is -0.311. The van der Waals surface area contributed by atoms with Gasteiger partial charge in [0.1, 0.15) is 0 Å². The van der Waals surface area contributed by atoms with Crippen LogP contribution in [0, 0.1) is 0 Å². The second-order valence-electron chi connectivity index (χ2n) is 5.12. The third kappa shape index (κ3) is 1.78. The number of para-hydroxylation sites is 1. The van der Waals surface area contributed by atoms with Crippen LogP contribution in [-0.2, 0) is 9.59 Å². The molecule has 22 heavy (non-hydrogen) atoms. The average Bonchev–Trinajstić information content (AvgIpc) is 3.09. The number of aromatic nitrogens is 1. The van der Waals surface area contributed by atoms with Gasteiger partial charge >= 0.3 is 0 Å².